The summed E-state index contributed by atoms with van der Waals surface area (Å²) >= 11 is 0. The third-order valence-corrected chi connectivity index (χ3v) is 5.07. The van der Waals surface area contributed by atoms with Crippen molar-refractivity contribution in [2.45, 2.75) is 53.9 Å². The quantitative estimate of drug-likeness (QED) is 0.371. The number of furan rings is 2. The van der Waals surface area contributed by atoms with E-state index >= 15 is 0 Å². The van der Waals surface area contributed by atoms with Crippen molar-refractivity contribution >= 4 is 17.1 Å². The number of anilines is 3. The summed E-state index contributed by atoms with van der Waals surface area (Å²) < 4.78 is 17.3. The summed E-state index contributed by atoms with van der Waals surface area (Å²) in [4.78, 5) is 2.23. The number of rotatable bonds is 1. The van der Waals surface area contributed by atoms with Gasteiger partial charge in [-0.25, -0.2) is 0 Å². The molecular formula is C22H25NO3. The summed E-state index contributed by atoms with van der Waals surface area (Å²) in [6.45, 7) is 15.0. The number of nitrogens with zero attached hydrogens (tertiary/aromatic N) is 1. The van der Waals surface area contributed by atoms with E-state index in [9.17, 15) is 0 Å². The first-order chi connectivity index (χ1) is 12.2. The van der Waals surface area contributed by atoms with Crippen LogP contribution in [-0.4, -0.2) is 0 Å². The Bertz CT molecular complexity index is 932. The van der Waals surface area contributed by atoms with Crippen molar-refractivity contribution in [2.75, 3.05) is 4.90 Å². The van der Waals surface area contributed by atoms with Crippen molar-refractivity contribution in [3.63, 3.8) is 0 Å². The minimum Gasteiger partial charge on any atom is -0.463 e. The largest absolute Gasteiger partial charge is 0.463 e. The average molecular weight is 351 g/mol. The Morgan fingerprint density at radius 1 is 0.731 bits per heavy atom. The van der Waals surface area contributed by atoms with E-state index in [1.165, 1.54) is 16.7 Å². The number of hydrogen-bond acceptors (Lipinski definition) is 4. The zero-order chi connectivity index (χ0) is 18.8. The van der Waals surface area contributed by atoms with Crippen molar-refractivity contribution in [1.82, 2.24) is 0 Å². The van der Waals surface area contributed by atoms with E-state index in [1.807, 2.05) is 13.8 Å². The number of fused-ring (bicyclic) bond motifs is 2. The summed E-state index contributed by atoms with van der Waals surface area (Å²) in [5, 5.41) is 0. The minimum absolute atomic E-state index is 0.104. The molecule has 0 saturated heterocycles. The van der Waals surface area contributed by atoms with Crippen molar-refractivity contribution in [3.8, 4) is 11.5 Å². The van der Waals surface area contributed by atoms with E-state index in [4.69, 9.17) is 13.6 Å². The highest BCUT2D eigenvalue weighted by molar-refractivity contribution is 5.90. The summed E-state index contributed by atoms with van der Waals surface area (Å²) in [6, 6.07) is 4.56. The zero-order valence-electron chi connectivity index (χ0n) is 16.5. The number of hydrogen-bond donors (Lipinski definition) is 0. The van der Waals surface area contributed by atoms with Gasteiger partial charge in [0.2, 0.25) is 0 Å². The fourth-order valence-corrected chi connectivity index (χ4v) is 3.73. The summed E-state index contributed by atoms with van der Waals surface area (Å²) in [7, 11) is 0. The molecule has 0 unspecified atom stereocenters. The van der Waals surface area contributed by atoms with Gasteiger partial charge in [-0.15, -0.1) is 0 Å². The molecule has 1 aliphatic rings. The molecule has 4 rings (SSSR count). The molecule has 0 amide bonds. The van der Waals surface area contributed by atoms with Crippen LogP contribution in [-0.2, 0) is 5.41 Å². The Kier molecular flexibility index (Phi) is 3.52. The molecule has 0 bridgehead atoms. The molecule has 0 fully saturated rings. The van der Waals surface area contributed by atoms with Gasteiger partial charge >= 0.3 is 0 Å². The van der Waals surface area contributed by atoms with Crippen LogP contribution in [0.5, 0.6) is 11.5 Å². The van der Waals surface area contributed by atoms with Crippen molar-refractivity contribution in [1.29, 1.82) is 0 Å². The normalized spacial score (nSPS) is 13.4. The van der Waals surface area contributed by atoms with E-state index in [1.54, 1.807) is 12.5 Å². The van der Waals surface area contributed by atoms with Gasteiger partial charge in [-0.1, -0.05) is 32.9 Å². The Morgan fingerprint density at radius 2 is 1.19 bits per heavy atom. The molecule has 1 aliphatic heterocycles. The Labute approximate surface area is 154 Å². The van der Waals surface area contributed by atoms with E-state index in [0.717, 1.165) is 40.1 Å². The van der Waals surface area contributed by atoms with E-state index in [-0.39, 0.29) is 5.41 Å². The third-order valence-electron chi connectivity index (χ3n) is 5.07. The molecule has 0 radical (unpaired) electrons. The Balaban J connectivity index is 1.99. The molecular weight excluding hydrogens is 326 g/mol. The summed E-state index contributed by atoms with van der Waals surface area (Å²) in [5.41, 5.74) is 6.90. The average Bonchev–Trinajstić information content (AvgIpc) is 3.09. The van der Waals surface area contributed by atoms with E-state index < -0.39 is 0 Å². The Hall–Kier alpha value is -2.62. The van der Waals surface area contributed by atoms with Crippen LogP contribution in [0.2, 0.25) is 0 Å². The first kappa shape index (κ1) is 16.8. The molecule has 4 heteroatoms. The molecule has 3 aromatic rings. The van der Waals surface area contributed by atoms with Crippen molar-refractivity contribution < 1.29 is 13.6 Å². The second-order valence-electron chi connectivity index (χ2n) is 8.16. The van der Waals surface area contributed by atoms with Crippen LogP contribution in [0.15, 0.2) is 33.5 Å². The predicted molar refractivity (Wildman–Crippen MR) is 103 cm³/mol. The standard InChI is InChI=1S/C22H25NO3/c1-12-8-16(22(5,6)7)9-13(2)19(12)23-20-14(3)24-10-17(20)26-18-11-25-15(4)21(18)23/h8-11H,1-7H3. The van der Waals surface area contributed by atoms with Gasteiger partial charge in [0.25, 0.3) is 0 Å². The SMILES string of the molecule is Cc1cc(C(C)(C)C)cc(C)c1N1c2c(coc2C)Oc2coc(C)c21. The van der Waals surface area contributed by atoms with Gasteiger partial charge < -0.3 is 13.6 Å². The third kappa shape index (κ3) is 2.36. The minimum atomic E-state index is 0.104. The summed E-state index contributed by atoms with van der Waals surface area (Å²) in [5.74, 6) is 3.08. The zero-order valence-corrected chi connectivity index (χ0v) is 16.5. The fourth-order valence-electron chi connectivity index (χ4n) is 3.73. The van der Waals surface area contributed by atoms with E-state index in [2.05, 4.69) is 51.7 Å². The topological polar surface area (TPSA) is 38.8 Å². The summed E-state index contributed by atoms with van der Waals surface area (Å²) in [6.07, 6.45) is 3.33. The van der Waals surface area contributed by atoms with Gasteiger partial charge in [0.1, 0.15) is 35.4 Å². The predicted octanol–water partition coefficient (Wildman–Crippen LogP) is 6.98. The van der Waals surface area contributed by atoms with Gasteiger partial charge in [0.05, 0.1) is 5.69 Å². The molecule has 2 aromatic heterocycles. The first-order valence-electron chi connectivity index (χ1n) is 8.94. The molecule has 0 saturated carbocycles. The highest BCUT2D eigenvalue weighted by Gasteiger charge is 2.35. The second kappa shape index (κ2) is 5.44. The van der Waals surface area contributed by atoms with Crippen LogP contribution < -0.4 is 9.64 Å². The van der Waals surface area contributed by atoms with Gasteiger partial charge in [0, 0.05) is 0 Å². The van der Waals surface area contributed by atoms with E-state index in [0.29, 0.717) is 0 Å². The van der Waals surface area contributed by atoms with Crippen LogP contribution in [0.4, 0.5) is 17.1 Å². The lowest BCUT2D eigenvalue weighted by molar-refractivity contribution is 0.448. The van der Waals surface area contributed by atoms with Crippen LogP contribution in [0.1, 0.15) is 49.0 Å². The van der Waals surface area contributed by atoms with Crippen LogP contribution >= 0.6 is 0 Å². The smallest absolute Gasteiger partial charge is 0.190 e. The molecule has 26 heavy (non-hydrogen) atoms. The lowest BCUT2D eigenvalue weighted by Crippen LogP contribution is -2.19. The number of aryl methyl sites for hydroxylation is 4. The molecule has 136 valence electrons. The fraction of sp³-hybridized carbons (Fsp3) is 0.364. The second-order valence-corrected chi connectivity index (χ2v) is 8.16. The molecule has 0 atom stereocenters. The maximum atomic E-state index is 6.00. The molecule has 3 heterocycles. The van der Waals surface area contributed by atoms with Gasteiger partial charge in [-0.2, -0.15) is 0 Å². The highest BCUT2D eigenvalue weighted by Crippen LogP contribution is 2.55. The number of benzene rings is 1. The lowest BCUT2D eigenvalue weighted by Gasteiger charge is -2.32. The first-order valence-corrected chi connectivity index (χ1v) is 8.94. The highest BCUT2D eigenvalue weighted by atomic mass is 16.5. The molecule has 0 spiro atoms. The maximum Gasteiger partial charge on any atom is 0.190 e. The molecule has 1 aromatic carbocycles. The molecule has 0 aliphatic carbocycles. The van der Waals surface area contributed by atoms with Gasteiger partial charge in [0.15, 0.2) is 11.5 Å². The lowest BCUT2D eigenvalue weighted by atomic mass is 9.84. The van der Waals surface area contributed by atoms with Crippen LogP contribution in [0.25, 0.3) is 0 Å². The van der Waals surface area contributed by atoms with Crippen molar-refractivity contribution in [2.24, 2.45) is 0 Å². The van der Waals surface area contributed by atoms with Gasteiger partial charge in [-0.05, 0) is 49.8 Å². The monoisotopic (exact) mass is 351 g/mol. The number of ether oxygens (including phenoxy) is 1. The Morgan fingerprint density at radius 3 is 1.62 bits per heavy atom. The maximum absolute atomic E-state index is 6.00. The van der Waals surface area contributed by atoms with Crippen LogP contribution in [0, 0.1) is 27.7 Å². The van der Waals surface area contributed by atoms with Crippen molar-refractivity contribution in [3.05, 3.63) is 52.9 Å². The van der Waals surface area contributed by atoms with Gasteiger partial charge in [-0.3, -0.25) is 4.90 Å². The molecule has 0 N–H and O–H groups in total. The molecule has 4 nitrogen and oxygen atoms in total. The van der Waals surface area contributed by atoms with Crippen LogP contribution in [0.3, 0.4) is 0 Å².